The number of amides is 1. The number of carbonyl (C=O) groups is 6. The number of piperidine rings is 1. The summed E-state index contributed by atoms with van der Waals surface area (Å²) in [6.07, 6.45) is 5.63. The van der Waals surface area contributed by atoms with Gasteiger partial charge >= 0.3 is 5.97 Å². The highest BCUT2D eigenvalue weighted by Crippen LogP contribution is 2.40. The van der Waals surface area contributed by atoms with Gasteiger partial charge in [0.2, 0.25) is 15.8 Å². The van der Waals surface area contributed by atoms with Gasteiger partial charge in [-0.3, -0.25) is 24.0 Å². The van der Waals surface area contributed by atoms with Crippen LogP contribution in [0.1, 0.15) is 163 Å². The molecule has 3 fully saturated rings. The van der Waals surface area contributed by atoms with E-state index in [0.29, 0.717) is 75.5 Å². The monoisotopic (exact) mass is 1330 g/mol. The van der Waals surface area contributed by atoms with Crippen molar-refractivity contribution in [3.63, 3.8) is 0 Å². The first-order chi connectivity index (χ1) is 44.6. The summed E-state index contributed by atoms with van der Waals surface area (Å²) in [5.41, 5.74) is 2.35. The van der Waals surface area contributed by atoms with E-state index in [1.807, 2.05) is 82.3 Å². The number of hydrogen-bond donors (Lipinski definition) is 4. The summed E-state index contributed by atoms with van der Waals surface area (Å²) in [6.45, 7) is 12.8. The number of benzene rings is 2. The predicted octanol–water partition coefficient (Wildman–Crippen LogP) is 9.06. The SMILES string of the molecule is COc1ccc(S(=O)(=O)N(CC(C)C)C[C@H](O)[C@H](CC(=O)CCCC(=O)CC/C=C/C[C@@H]2/C=C(\C)C[C@H](C)C[C@H](OC)[C@H]3O[C@@](O)(C(=O)C(=O)N4CCCC[C@H]4C(=O)O[C@H](/C(C)=C/[C@@H]4CC[C@@H](O)[C@H](OC)C4)[C@H](C)[C@@H](O)CC2=O)[C@H](C)C[C@@H]3OC)Cc2ccccc2)cc1. The van der Waals surface area contributed by atoms with Crippen molar-refractivity contribution in [3.05, 3.63) is 95.6 Å². The highest BCUT2D eigenvalue weighted by molar-refractivity contribution is 7.89. The van der Waals surface area contributed by atoms with Crippen LogP contribution in [0.4, 0.5) is 0 Å². The standard InChI is InChI=1S/C73H108N2O18S/c1-46(2)44-74(94(86,87)59-31-29-58(88-8)30-32-59)45-64(81)55(40-52-21-14-12-15-22-52)42-57(77)26-20-25-56(76)24-17-13-16-23-54-36-47(3)35-48(4)37-66(90-10)69-67(91-11)39-50(6)73(85,93-69)70(82)71(83)75-34-19-18-27-60(75)72(84)92-68(51(7)62(79)43-63(54)80)49(5)38-53-28-33-61(78)65(41-53)89-9/h12-16,21-22,29-32,36,38,46,48,50-51,53-55,60-62,64-69,78-79,81,85H,17-20,23-28,33-35,37,39-45H2,1-11H3/b16-13+,47-36+,49-38+/t48-,50+,51+,53-,54+,55-,60-,61+,62-,64-,65+,66-,67-,68+,69+,73+/m0/s1. The molecule has 524 valence electrons. The summed E-state index contributed by atoms with van der Waals surface area (Å²) in [5.74, 6) is -9.02. The van der Waals surface area contributed by atoms with E-state index in [1.165, 1.54) is 37.8 Å². The van der Waals surface area contributed by atoms with Crippen molar-refractivity contribution >= 4 is 45.0 Å². The number of fused-ring (bicyclic) bond motifs is 3. The van der Waals surface area contributed by atoms with Gasteiger partial charge in [0.1, 0.15) is 41.3 Å². The second-order valence-corrected chi connectivity index (χ2v) is 29.5. The van der Waals surface area contributed by atoms with Crippen LogP contribution in [0.15, 0.2) is 94.9 Å². The maximum atomic E-state index is 14.7. The number of ether oxygens (including phenoxy) is 6. The van der Waals surface area contributed by atoms with Crippen LogP contribution in [0.5, 0.6) is 5.75 Å². The maximum absolute atomic E-state index is 14.7. The van der Waals surface area contributed by atoms with Crippen LogP contribution >= 0.6 is 0 Å². The Labute approximate surface area is 558 Å². The Morgan fingerprint density at radius 2 is 1.48 bits per heavy atom. The number of ketones is 4. The topological polar surface area (TPSA) is 279 Å². The molecule has 0 unspecified atom stereocenters. The molecular formula is C73H108N2O18S. The third-order valence-corrected chi connectivity index (χ3v) is 21.4. The molecule has 94 heavy (non-hydrogen) atoms. The van der Waals surface area contributed by atoms with Crippen LogP contribution in [0.3, 0.4) is 0 Å². The molecule has 16 atom stereocenters. The number of hydrogen-bond acceptors (Lipinski definition) is 18. The summed E-state index contributed by atoms with van der Waals surface area (Å²) in [4.78, 5) is 86.7. The van der Waals surface area contributed by atoms with Crippen molar-refractivity contribution < 1.29 is 86.0 Å². The summed E-state index contributed by atoms with van der Waals surface area (Å²) >= 11 is 0. The zero-order chi connectivity index (χ0) is 69.0. The number of aliphatic hydroxyl groups is 4. The minimum absolute atomic E-state index is 0.0187. The average molecular weight is 1330 g/mol. The lowest BCUT2D eigenvalue weighted by molar-refractivity contribution is -0.302. The van der Waals surface area contributed by atoms with Crippen molar-refractivity contribution in [1.29, 1.82) is 0 Å². The Balaban J connectivity index is 1.18. The van der Waals surface area contributed by atoms with Gasteiger partial charge in [-0.05, 0) is 156 Å². The summed E-state index contributed by atoms with van der Waals surface area (Å²) in [6, 6.07) is 14.3. The fourth-order valence-electron chi connectivity index (χ4n) is 14.0. The Kier molecular flexibility index (Phi) is 30.5. The fourth-order valence-corrected chi connectivity index (χ4v) is 15.7. The van der Waals surface area contributed by atoms with Crippen molar-refractivity contribution in [2.45, 2.75) is 230 Å². The molecule has 1 amide bonds. The number of methoxy groups -OCH3 is 4. The zero-order valence-corrected chi connectivity index (χ0v) is 58.2. The molecule has 4 aliphatic rings. The molecule has 3 aliphatic heterocycles. The van der Waals surface area contributed by atoms with Crippen molar-refractivity contribution in [1.82, 2.24) is 9.21 Å². The van der Waals surface area contributed by atoms with E-state index in [0.717, 1.165) is 16.0 Å². The minimum atomic E-state index is -4.03. The smallest absolute Gasteiger partial charge is 0.329 e. The van der Waals surface area contributed by atoms with Gasteiger partial charge < -0.3 is 53.7 Å². The van der Waals surface area contributed by atoms with E-state index in [-0.39, 0.29) is 111 Å². The molecule has 21 heteroatoms. The third-order valence-electron chi connectivity index (χ3n) is 19.5. The molecule has 0 aromatic heterocycles. The summed E-state index contributed by atoms with van der Waals surface area (Å²) in [7, 11) is 2.01. The highest BCUT2D eigenvalue weighted by Gasteiger charge is 2.57. The average Bonchev–Trinajstić information content (AvgIpc) is 0.775. The molecule has 0 radical (unpaired) electrons. The second kappa shape index (κ2) is 36.9. The quantitative estimate of drug-likeness (QED) is 0.0388. The van der Waals surface area contributed by atoms with Gasteiger partial charge in [-0.2, -0.15) is 4.31 Å². The van der Waals surface area contributed by atoms with Gasteiger partial charge in [0.25, 0.3) is 11.7 Å². The van der Waals surface area contributed by atoms with Gasteiger partial charge in [0.15, 0.2) is 0 Å². The van der Waals surface area contributed by atoms with Crippen LogP contribution in [0, 0.1) is 41.4 Å². The first-order valence-corrected chi connectivity index (χ1v) is 35.4. The Hall–Kier alpha value is -5.33. The molecule has 1 aliphatic carbocycles. The lowest BCUT2D eigenvalue weighted by Gasteiger charge is -2.47. The Morgan fingerprint density at radius 1 is 0.809 bits per heavy atom. The largest absolute Gasteiger partial charge is 0.497 e. The van der Waals surface area contributed by atoms with Crippen LogP contribution in [0.25, 0.3) is 0 Å². The lowest BCUT2D eigenvalue weighted by atomic mass is 9.81. The molecule has 0 spiro atoms. The van der Waals surface area contributed by atoms with Gasteiger partial charge in [-0.15, -0.1) is 0 Å². The molecule has 6 rings (SSSR count). The number of rotatable bonds is 26. The van der Waals surface area contributed by atoms with Crippen LogP contribution in [-0.2, 0) is 68.9 Å². The Morgan fingerprint density at radius 3 is 2.14 bits per heavy atom. The third kappa shape index (κ3) is 21.6. The number of carbonyl (C=O) groups excluding carboxylic acids is 6. The summed E-state index contributed by atoms with van der Waals surface area (Å²) in [5, 5.41) is 46.9. The number of sulfonamides is 1. The minimum Gasteiger partial charge on any atom is -0.497 e. The molecule has 1 saturated carbocycles. The van der Waals surface area contributed by atoms with Crippen LogP contribution < -0.4 is 4.74 Å². The summed E-state index contributed by atoms with van der Waals surface area (Å²) < 4.78 is 64.7. The molecule has 2 bridgehead atoms. The van der Waals surface area contributed by atoms with E-state index in [4.69, 9.17) is 28.4 Å². The van der Waals surface area contributed by atoms with Crippen LogP contribution in [-0.4, -0.2) is 182 Å². The van der Waals surface area contributed by atoms with Gasteiger partial charge in [-0.25, -0.2) is 13.2 Å². The van der Waals surface area contributed by atoms with Gasteiger partial charge in [0, 0.05) is 90.8 Å². The number of aliphatic hydroxyl groups excluding tert-OH is 3. The van der Waals surface area contributed by atoms with E-state index in [1.54, 1.807) is 40.0 Å². The van der Waals surface area contributed by atoms with E-state index in [9.17, 15) is 57.6 Å². The number of cyclic esters (lactones) is 1. The predicted molar refractivity (Wildman–Crippen MR) is 355 cm³/mol. The van der Waals surface area contributed by atoms with Gasteiger partial charge in [-0.1, -0.05) is 94.8 Å². The maximum Gasteiger partial charge on any atom is 0.329 e. The first-order valence-electron chi connectivity index (χ1n) is 34.0. The van der Waals surface area contributed by atoms with Crippen LogP contribution in [0.2, 0.25) is 0 Å². The normalized spacial score (nSPS) is 30.5. The van der Waals surface area contributed by atoms with Crippen molar-refractivity contribution in [3.8, 4) is 5.75 Å². The highest BCUT2D eigenvalue weighted by atomic mass is 32.2. The second-order valence-electron chi connectivity index (χ2n) is 27.5. The Bertz CT molecular complexity index is 3010. The molecular weight excluding hydrogens is 1220 g/mol. The van der Waals surface area contributed by atoms with Crippen molar-refractivity contribution in [2.24, 2.45) is 41.4 Å². The number of Topliss-reactive ketones (excluding diaryl/α,β-unsaturated/α-hetero) is 4. The number of allylic oxidation sites excluding steroid dienone is 5. The zero-order valence-electron chi connectivity index (χ0n) is 57.4. The first kappa shape index (κ1) is 77.7. The van der Waals surface area contributed by atoms with Crippen molar-refractivity contribution in [2.75, 3.05) is 48.1 Å². The molecule has 2 aromatic carbocycles. The molecule has 2 aromatic rings. The van der Waals surface area contributed by atoms with E-state index < -0.39 is 112 Å². The van der Waals surface area contributed by atoms with E-state index >= 15 is 0 Å². The molecule has 3 heterocycles. The fraction of sp³-hybridized carbons (Fsp3) is 0.671. The number of nitrogens with zero attached hydrogens (tertiary/aromatic N) is 2. The van der Waals surface area contributed by atoms with Gasteiger partial charge in [0.05, 0.1) is 48.6 Å². The lowest BCUT2D eigenvalue weighted by Crippen LogP contribution is -2.64. The molecule has 4 N–H and O–H groups in total. The molecule has 20 nitrogen and oxygen atoms in total. The molecule has 2 saturated heterocycles. The number of esters is 1. The van der Waals surface area contributed by atoms with E-state index in [2.05, 4.69) is 0 Å².